The highest BCUT2D eigenvalue weighted by Gasteiger charge is 2.35. The van der Waals surface area contributed by atoms with Gasteiger partial charge in [0.15, 0.2) is 5.69 Å². The van der Waals surface area contributed by atoms with E-state index in [1.54, 1.807) is 17.8 Å². The highest BCUT2D eigenvalue weighted by atomic mass is 16.2. The molecule has 6 nitrogen and oxygen atoms in total. The zero-order chi connectivity index (χ0) is 17.3. The number of benzene rings is 1. The van der Waals surface area contributed by atoms with Gasteiger partial charge in [-0.15, -0.1) is 0 Å². The lowest BCUT2D eigenvalue weighted by atomic mass is 10.1. The molecule has 1 heterocycles. The van der Waals surface area contributed by atoms with Crippen molar-refractivity contribution >= 4 is 11.8 Å². The van der Waals surface area contributed by atoms with Crippen LogP contribution in [0.2, 0.25) is 0 Å². The Bertz CT molecular complexity index is 754. The first-order valence-corrected chi connectivity index (χ1v) is 8.18. The van der Waals surface area contributed by atoms with Gasteiger partial charge in [0.2, 0.25) is 0 Å². The zero-order valence-electron chi connectivity index (χ0n) is 14.1. The molecule has 24 heavy (non-hydrogen) atoms. The van der Waals surface area contributed by atoms with E-state index in [-0.39, 0.29) is 29.6 Å². The van der Waals surface area contributed by atoms with Gasteiger partial charge in [0, 0.05) is 19.2 Å². The summed E-state index contributed by atoms with van der Waals surface area (Å²) in [6, 6.07) is 11.4. The summed E-state index contributed by atoms with van der Waals surface area (Å²) in [6.07, 6.45) is 0.996. The van der Waals surface area contributed by atoms with Gasteiger partial charge in [0.1, 0.15) is 5.69 Å². The van der Waals surface area contributed by atoms with Crippen molar-refractivity contribution in [3.8, 4) is 0 Å². The largest absolute Gasteiger partial charge is 0.354 e. The molecule has 0 aliphatic heterocycles. The molecular weight excluding hydrogens is 304 g/mol. The van der Waals surface area contributed by atoms with E-state index in [9.17, 15) is 9.59 Å². The molecule has 126 valence electrons. The summed E-state index contributed by atoms with van der Waals surface area (Å²) in [5, 5.41) is 9.93. The molecule has 0 unspecified atom stereocenters. The van der Waals surface area contributed by atoms with Gasteiger partial charge in [0.25, 0.3) is 11.8 Å². The molecule has 0 radical (unpaired) electrons. The maximum absolute atomic E-state index is 12.6. The maximum Gasteiger partial charge on any atom is 0.271 e. The third-order valence-corrected chi connectivity index (χ3v) is 4.50. The highest BCUT2D eigenvalue weighted by molar-refractivity contribution is 5.98. The lowest BCUT2D eigenvalue weighted by molar-refractivity contribution is 0.0934. The molecule has 3 rings (SSSR count). The van der Waals surface area contributed by atoms with Crippen LogP contribution in [-0.2, 0) is 0 Å². The van der Waals surface area contributed by atoms with Crippen LogP contribution < -0.4 is 10.6 Å². The molecule has 3 atom stereocenters. The fraction of sp³-hybridized carbons (Fsp3) is 0.389. The lowest BCUT2D eigenvalue weighted by Crippen LogP contribution is -2.29. The summed E-state index contributed by atoms with van der Waals surface area (Å²) in [6.45, 7) is 4.07. The summed E-state index contributed by atoms with van der Waals surface area (Å²) in [4.78, 5) is 24.5. The molecule has 0 saturated heterocycles. The fourth-order valence-corrected chi connectivity index (χ4v) is 2.74. The van der Waals surface area contributed by atoms with Crippen molar-refractivity contribution < 1.29 is 9.59 Å². The van der Waals surface area contributed by atoms with Gasteiger partial charge in [-0.2, -0.15) is 5.10 Å². The molecule has 0 spiro atoms. The number of carbonyl (C=O) groups is 2. The highest BCUT2D eigenvalue weighted by Crippen LogP contribution is 2.29. The van der Waals surface area contributed by atoms with Crippen molar-refractivity contribution in [3.05, 3.63) is 53.3 Å². The molecule has 1 aromatic carbocycles. The van der Waals surface area contributed by atoms with Gasteiger partial charge in [-0.05, 0) is 24.8 Å². The molecule has 1 aromatic heterocycles. The number of rotatable bonds is 5. The standard InChI is InChI=1S/C18H22N4O2/c1-11-9-14(11)20-18(24)16-10-15(17(23)19-3)21-22(16)12(2)13-7-5-4-6-8-13/h4-8,10-12,14H,9H2,1-3H3,(H,19,23)(H,20,24)/t11-,12-,14-/m0/s1. The van der Waals surface area contributed by atoms with E-state index in [1.807, 2.05) is 37.3 Å². The van der Waals surface area contributed by atoms with Crippen molar-refractivity contribution in [3.63, 3.8) is 0 Å². The molecule has 6 heteroatoms. The minimum absolute atomic E-state index is 0.151. The molecule has 1 aliphatic carbocycles. The summed E-state index contributed by atoms with van der Waals surface area (Å²) in [7, 11) is 1.55. The van der Waals surface area contributed by atoms with Gasteiger partial charge < -0.3 is 10.6 Å². The second-order valence-corrected chi connectivity index (χ2v) is 6.32. The van der Waals surface area contributed by atoms with Gasteiger partial charge in [-0.1, -0.05) is 37.3 Å². The zero-order valence-corrected chi connectivity index (χ0v) is 14.1. The van der Waals surface area contributed by atoms with Gasteiger partial charge in [-0.25, -0.2) is 0 Å². The average Bonchev–Trinajstić information content (AvgIpc) is 3.12. The Kier molecular flexibility index (Phi) is 4.38. The van der Waals surface area contributed by atoms with E-state index in [0.29, 0.717) is 11.6 Å². The third kappa shape index (κ3) is 3.18. The number of hydrogen-bond acceptors (Lipinski definition) is 3. The minimum atomic E-state index is -0.303. The summed E-state index contributed by atoms with van der Waals surface area (Å²) < 4.78 is 1.63. The quantitative estimate of drug-likeness (QED) is 0.882. The van der Waals surface area contributed by atoms with Crippen LogP contribution in [-0.4, -0.2) is 34.7 Å². The Labute approximate surface area is 141 Å². The number of aromatic nitrogens is 2. The predicted octanol–water partition coefficient (Wildman–Crippen LogP) is 1.99. The van der Waals surface area contributed by atoms with Crippen molar-refractivity contribution in [2.45, 2.75) is 32.4 Å². The van der Waals surface area contributed by atoms with E-state index < -0.39 is 0 Å². The van der Waals surface area contributed by atoms with Gasteiger partial charge in [0.05, 0.1) is 6.04 Å². The maximum atomic E-state index is 12.6. The third-order valence-electron chi connectivity index (χ3n) is 4.50. The van der Waals surface area contributed by atoms with Crippen molar-refractivity contribution in [2.75, 3.05) is 7.05 Å². The Morgan fingerprint density at radius 3 is 2.50 bits per heavy atom. The Morgan fingerprint density at radius 2 is 1.92 bits per heavy atom. The van der Waals surface area contributed by atoms with Crippen LogP contribution >= 0.6 is 0 Å². The lowest BCUT2D eigenvalue weighted by Gasteiger charge is -2.16. The normalized spacial score (nSPS) is 20.3. The van der Waals surface area contributed by atoms with Crippen LogP contribution in [0, 0.1) is 5.92 Å². The van der Waals surface area contributed by atoms with Crippen LogP contribution in [0.1, 0.15) is 52.9 Å². The SMILES string of the molecule is CNC(=O)c1cc(C(=O)N[C@H]2C[C@@H]2C)n([C@@H](C)c2ccccc2)n1. The average molecular weight is 326 g/mol. The van der Waals surface area contributed by atoms with Crippen molar-refractivity contribution in [2.24, 2.45) is 5.92 Å². The van der Waals surface area contributed by atoms with E-state index in [2.05, 4.69) is 22.7 Å². The first-order chi connectivity index (χ1) is 11.5. The summed E-state index contributed by atoms with van der Waals surface area (Å²) in [5.74, 6) is 0.0212. The second kappa shape index (κ2) is 6.47. The second-order valence-electron chi connectivity index (χ2n) is 6.32. The number of amides is 2. The van der Waals surface area contributed by atoms with Crippen LogP contribution in [0.15, 0.2) is 36.4 Å². The molecule has 0 bridgehead atoms. The topological polar surface area (TPSA) is 76.0 Å². The van der Waals surface area contributed by atoms with Crippen molar-refractivity contribution in [1.82, 2.24) is 20.4 Å². The van der Waals surface area contributed by atoms with Crippen LogP contribution in [0.4, 0.5) is 0 Å². The summed E-state index contributed by atoms with van der Waals surface area (Å²) in [5.41, 5.74) is 1.68. The van der Waals surface area contributed by atoms with Crippen LogP contribution in [0.25, 0.3) is 0 Å². The van der Waals surface area contributed by atoms with Gasteiger partial charge >= 0.3 is 0 Å². The van der Waals surface area contributed by atoms with Crippen LogP contribution in [0.5, 0.6) is 0 Å². The number of nitrogens with one attached hydrogen (secondary N) is 2. The Hall–Kier alpha value is -2.63. The molecule has 1 fully saturated rings. The van der Waals surface area contributed by atoms with E-state index in [0.717, 1.165) is 12.0 Å². The van der Waals surface area contributed by atoms with E-state index >= 15 is 0 Å². The monoisotopic (exact) mass is 326 g/mol. The molecule has 1 aliphatic rings. The number of hydrogen-bond donors (Lipinski definition) is 2. The van der Waals surface area contributed by atoms with E-state index in [1.165, 1.54) is 0 Å². The molecule has 2 aromatic rings. The van der Waals surface area contributed by atoms with Crippen LogP contribution in [0.3, 0.4) is 0 Å². The van der Waals surface area contributed by atoms with Crippen molar-refractivity contribution in [1.29, 1.82) is 0 Å². The number of nitrogens with zero attached hydrogens (tertiary/aromatic N) is 2. The molecule has 1 saturated carbocycles. The Balaban J connectivity index is 1.94. The number of carbonyl (C=O) groups excluding carboxylic acids is 2. The van der Waals surface area contributed by atoms with E-state index in [4.69, 9.17) is 0 Å². The summed E-state index contributed by atoms with van der Waals surface area (Å²) >= 11 is 0. The minimum Gasteiger partial charge on any atom is -0.354 e. The van der Waals surface area contributed by atoms with Gasteiger partial charge in [-0.3, -0.25) is 14.3 Å². The fourth-order valence-electron chi connectivity index (χ4n) is 2.74. The molecule has 2 amide bonds. The Morgan fingerprint density at radius 1 is 1.25 bits per heavy atom. The first kappa shape index (κ1) is 16.2. The first-order valence-electron chi connectivity index (χ1n) is 8.18. The smallest absolute Gasteiger partial charge is 0.271 e. The molecule has 2 N–H and O–H groups in total. The predicted molar refractivity (Wildman–Crippen MR) is 90.9 cm³/mol. The molecular formula is C18H22N4O2.